The number of amides is 2. The molecule has 0 spiro atoms. The fraction of sp³-hybridized carbons (Fsp3) is 0.240. The monoisotopic (exact) mass is 399 g/mol. The Bertz CT molecular complexity index is 1030. The highest BCUT2D eigenvalue weighted by Gasteiger charge is 2.33. The number of carbonyl (C=O) groups is 2. The number of pyridine rings is 1. The number of aromatic nitrogens is 1. The largest absolute Gasteiger partial charge is 0.333 e. The van der Waals surface area contributed by atoms with Crippen molar-refractivity contribution >= 4 is 17.5 Å². The third-order valence-electron chi connectivity index (χ3n) is 5.51. The van der Waals surface area contributed by atoms with Crippen LogP contribution in [0.2, 0.25) is 0 Å². The number of rotatable bonds is 6. The van der Waals surface area contributed by atoms with Gasteiger partial charge in [-0.25, -0.2) is 0 Å². The van der Waals surface area contributed by atoms with Gasteiger partial charge in [0, 0.05) is 37.6 Å². The Balaban J connectivity index is 1.64. The highest BCUT2D eigenvalue weighted by Crippen LogP contribution is 2.34. The summed E-state index contributed by atoms with van der Waals surface area (Å²) < 4.78 is 0. The number of hydrogen-bond acceptors (Lipinski definition) is 3. The molecule has 5 nitrogen and oxygen atoms in total. The number of nitrogens with zero attached hydrogens (tertiary/aromatic N) is 2. The fourth-order valence-electron chi connectivity index (χ4n) is 3.88. The molecular formula is C25H25N3O2. The Labute approximate surface area is 176 Å². The lowest BCUT2D eigenvalue weighted by Crippen LogP contribution is -2.38. The predicted octanol–water partition coefficient (Wildman–Crippen LogP) is 4.30. The normalized spacial score (nSPS) is 15.2. The minimum atomic E-state index is -0.485. The van der Waals surface area contributed by atoms with Gasteiger partial charge in [0.25, 0.3) is 0 Å². The average Bonchev–Trinajstić information content (AvgIpc) is 2.78. The van der Waals surface area contributed by atoms with E-state index >= 15 is 0 Å². The molecule has 30 heavy (non-hydrogen) atoms. The lowest BCUT2D eigenvalue weighted by Gasteiger charge is -2.31. The van der Waals surface area contributed by atoms with E-state index in [0.717, 1.165) is 28.8 Å². The standard InChI is InChI=1S/C25H25N3O2/c1-2-18-9-11-19(12-10-18)16-28(17-20-6-5-13-26-15-20)25(30)22-14-24(29)27-23-8-4-3-7-21(22)23/h3-13,15,22H,2,14,16-17H2,1H3,(H,27,29)/t22-/m0/s1. The third-order valence-corrected chi connectivity index (χ3v) is 5.51. The van der Waals surface area contributed by atoms with Gasteiger partial charge in [0.1, 0.15) is 0 Å². The molecule has 5 heteroatoms. The molecule has 2 amide bonds. The van der Waals surface area contributed by atoms with Crippen molar-refractivity contribution in [1.82, 2.24) is 9.88 Å². The van der Waals surface area contributed by atoms with Crippen LogP contribution in [0.4, 0.5) is 5.69 Å². The number of anilines is 1. The van der Waals surface area contributed by atoms with Crippen LogP contribution in [-0.4, -0.2) is 21.7 Å². The lowest BCUT2D eigenvalue weighted by molar-refractivity contribution is -0.136. The SMILES string of the molecule is CCc1ccc(CN(Cc2cccnc2)C(=O)[C@H]2CC(=O)Nc3ccccc32)cc1. The molecule has 0 saturated carbocycles. The van der Waals surface area contributed by atoms with Crippen molar-refractivity contribution in [3.8, 4) is 0 Å². The van der Waals surface area contributed by atoms with E-state index in [-0.39, 0.29) is 18.2 Å². The van der Waals surface area contributed by atoms with Crippen LogP contribution < -0.4 is 5.32 Å². The number of fused-ring (bicyclic) bond motifs is 1. The maximum Gasteiger partial charge on any atom is 0.231 e. The molecule has 3 aromatic rings. The molecule has 0 bridgehead atoms. The van der Waals surface area contributed by atoms with Gasteiger partial charge >= 0.3 is 0 Å². The fourth-order valence-corrected chi connectivity index (χ4v) is 3.88. The van der Waals surface area contributed by atoms with E-state index in [2.05, 4.69) is 41.5 Å². The molecule has 1 aromatic heterocycles. The Hall–Kier alpha value is -3.47. The lowest BCUT2D eigenvalue weighted by atomic mass is 9.89. The number of hydrogen-bond donors (Lipinski definition) is 1. The van der Waals surface area contributed by atoms with Gasteiger partial charge in [0.2, 0.25) is 11.8 Å². The van der Waals surface area contributed by atoms with E-state index in [1.807, 2.05) is 41.3 Å². The van der Waals surface area contributed by atoms with Crippen LogP contribution in [0, 0.1) is 0 Å². The molecule has 0 aliphatic carbocycles. The summed E-state index contributed by atoms with van der Waals surface area (Å²) in [4.78, 5) is 31.9. The van der Waals surface area contributed by atoms with Crippen molar-refractivity contribution < 1.29 is 9.59 Å². The first-order valence-electron chi connectivity index (χ1n) is 10.3. The number of benzene rings is 2. The van der Waals surface area contributed by atoms with E-state index in [0.29, 0.717) is 13.1 Å². The van der Waals surface area contributed by atoms with E-state index in [1.165, 1.54) is 5.56 Å². The Kier molecular flexibility index (Phi) is 5.89. The van der Waals surface area contributed by atoms with Crippen molar-refractivity contribution in [2.45, 2.75) is 38.8 Å². The van der Waals surface area contributed by atoms with Crippen LogP contribution in [0.15, 0.2) is 73.1 Å². The zero-order valence-corrected chi connectivity index (χ0v) is 17.0. The average molecular weight is 399 g/mol. The predicted molar refractivity (Wildman–Crippen MR) is 117 cm³/mol. The van der Waals surface area contributed by atoms with Crippen molar-refractivity contribution in [3.05, 3.63) is 95.3 Å². The highest BCUT2D eigenvalue weighted by atomic mass is 16.2. The van der Waals surface area contributed by atoms with Crippen LogP contribution in [0.5, 0.6) is 0 Å². The number of aryl methyl sites for hydroxylation is 1. The summed E-state index contributed by atoms with van der Waals surface area (Å²) in [5.74, 6) is -0.650. The van der Waals surface area contributed by atoms with E-state index in [4.69, 9.17) is 0 Å². The van der Waals surface area contributed by atoms with Gasteiger partial charge in [-0.05, 0) is 40.8 Å². The van der Waals surface area contributed by atoms with Gasteiger partial charge in [0.15, 0.2) is 0 Å². The molecule has 1 aliphatic rings. The summed E-state index contributed by atoms with van der Waals surface area (Å²) in [5.41, 5.74) is 4.89. The first-order chi connectivity index (χ1) is 14.6. The van der Waals surface area contributed by atoms with Gasteiger partial charge in [-0.2, -0.15) is 0 Å². The van der Waals surface area contributed by atoms with Gasteiger partial charge in [0.05, 0.1) is 5.92 Å². The number of carbonyl (C=O) groups excluding carboxylic acids is 2. The Morgan fingerprint density at radius 3 is 2.47 bits per heavy atom. The van der Waals surface area contributed by atoms with Crippen molar-refractivity contribution in [3.63, 3.8) is 0 Å². The zero-order valence-electron chi connectivity index (χ0n) is 17.0. The van der Waals surface area contributed by atoms with Crippen LogP contribution in [0.1, 0.15) is 41.5 Å². The second kappa shape index (κ2) is 8.91. The summed E-state index contributed by atoms with van der Waals surface area (Å²) in [6.45, 7) is 3.05. The minimum Gasteiger partial charge on any atom is -0.333 e. The minimum absolute atomic E-state index is 0.0410. The van der Waals surface area contributed by atoms with Gasteiger partial charge < -0.3 is 10.2 Å². The Morgan fingerprint density at radius 1 is 1.00 bits per heavy atom. The molecule has 152 valence electrons. The van der Waals surface area contributed by atoms with Crippen molar-refractivity contribution in [2.24, 2.45) is 0 Å². The van der Waals surface area contributed by atoms with E-state index < -0.39 is 5.92 Å². The first-order valence-corrected chi connectivity index (χ1v) is 10.3. The smallest absolute Gasteiger partial charge is 0.231 e. The molecule has 2 aromatic carbocycles. The molecule has 1 N–H and O–H groups in total. The molecule has 0 fully saturated rings. The van der Waals surface area contributed by atoms with Crippen LogP contribution >= 0.6 is 0 Å². The summed E-state index contributed by atoms with van der Waals surface area (Å²) in [6, 6.07) is 19.7. The molecule has 0 unspecified atom stereocenters. The van der Waals surface area contributed by atoms with Crippen LogP contribution in [0.25, 0.3) is 0 Å². The highest BCUT2D eigenvalue weighted by molar-refractivity contribution is 6.01. The van der Waals surface area contributed by atoms with Gasteiger partial charge in [-0.1, -0.05) is 55.5 Å². The molecular weight excluding hydrogens is 374 g/mol. The molecule has 0 saturated heterocycles. The third kappa shape index (κ3) is 4.40. The molecule has 2 heterocycles. The molecule has 4 rings (SSSR count). The quantitative estimate of drug-likeness (QED) is 0.672. The topological polar surface area (TPSA) is 62.3 Å². The summed E-state index contributed by atoms with van der Waals surface area (Å²) in [6.07, 6.45) is 4.64. The number of para-hydroxylation sites is 1. The molecule has 1 aliphatic heterocycles. The summed E-state index contributed by atoms with van der Waals surface area (Å²) in [7, 11) is 0. The van der Waals surface area contributed by atoms with Crippen LogP contribution in [-0.2, 0) is 29.1 Å². The van der Waals surface area contributed by atoms with Crippen molar-refractivity contribution in [1.29, 1.82) is 0 Å². The van der Waals surface area contributed by atoms with E-state index in [1.54, 1.807) is 12.4 Å². The molecule has 0 radical (unpaired) electrons. The van der Waals surface area contributed by atoms with Gasteiger partial charge in [-0.15, -0.1) is 0 Å². The summed E-state index contributed by atoms with van der Waals surface area (Å²) in [5, 5.41) is 2.88. The molecule has 1 atom stereocenters. The Morgan fingerprint density at radius 2 is 1.73 bits per heavy atom. The summed E-state index contributed by atoms with van der Waals surface area (Å²) >= 11 is 0. The number of nitrogens with one attached hydrogen (secondary N) is 1. The maximum absolute atomic E-state index is 13.7. The van der Waals surface area contributed by atoms with Gasteiger partial charge in [-0.3, -0.25) is 14.6 Å². The van der Waals surface area contributed by atoms with Crippen LogP contribution in [0.3, 0.4) is 0 Å². The first kappa shape index (κ1) is 19.8. The van der Waals surface area contributed by atoms with E-state index in [9.17, 15) is 9.59 Å². The second-order valence-corrected chi connectivity index (χ2v) is 7.62. The second-order valence-electron chi connectivity index (χ2n) is 7.62. The zero-order chi connectivity index (χ0) is 20.9. The van der Waals surface area contributed by atoms with Crippen molar-refractivity contribution in [2.75, 3.05) is 5.32 Å². The maximum atomic E-state index is 13.7.